The summed E-state index contributed by atoms with van der Waals surface area (Å²) in [5.74, 6) is 0. The second-order valence-electron chi connectivity index (χ2n) is 14.0. The summed E-state index contributed by atoms with van der Waals surface area (Å²) in [4.78, 5) is 0. The van der Waals surface area contributed by atoms with E-state index >= 15 is 0 Å². The maximum atomic E-state index is 6.61. The van der Waals surface area contributed by atoms with E-state index in [1.54, 1.807) is 0 Å². The minimum absolute atomic E-state index is 0.889. The Morgan fingerprint density at radius 2 is 0.635 bits per heavy atom. The van der Waals surface area contributed by atoms with Crippen LogP contribution in [0.25, 0.3) is 120 Å². The molecule has 2 heterocycles. The van der Waals surface area contributed by atoms with Crippen molar-refractivity contribution in [1.82, 2.24) is 0 Å². The number of benzene rings is 10. The Kier molecular flexibility index (Phi) is 5.53. The maximum absolute atomic E-state index is 6.61. The van der Waals surface area contributed by atoms with Crippen LogP contribution in [0.3, 0.4) is 0 Å². The number of hydrogen-bond acceptors (Lipinski definition) is 2. The molecule has 0 aliphatic rings. The van der Waals surface area contributed by atoms with Crippen LogP contribution in [0.2, 0.25) is 0 Å². The van der Waals surface area contributed by atoms with E-state index in [1.165, 1.54) is 65.0 Å². The number of fused-ring (bicyclic) bond motifs is 15. The molecule has 0 unspecified atom stereocenters. The summed E-state index contributed by atoms with van der Waals surface area (Å²) in [5.41, 5.74) is 8.28. The molecule has 10 aromatic carbocycles. The van der Waals surface area contributed by atoms with Crippen molar-refractivity contribution in [2.24, 2.45) is 0 Å². The van der Waals surface area contributed by atoms with E-state index in [4.69, 9.17) is 8.83 Å². The van der Waals surface area contributed by atoms with Crippen molar-refractivity contribution in [1.29, 1.82) is 0 Å². The van der Waals surface area contributed by atoms with E-state index in [-0.39, 0.29) is 0 Å². The van der Waals surface area contributed by atoms with Gasteiger partial charge < -0.3 is 8.83 Å². The van der Waals surface area contributed by atoms with Gasteiger partial charge in [-0.3, -0.25) is 0 Å². The molecule has 240 valence electrons. The third-order valence-electron chi connectivity index (χ3n) is 11.2. The van der Waals surface area contributed by atoms with Gasteiger partial charge >= 0.3 is 0 Å². The van der Waals surface area contributed by atoms with Crippen molar-refractivity contribution >= 4 is 97.7 Å². The van der Waals surface area contributed by atoms with Crippen LogP contribution in [-0.4, -0.2) is 0 Å². The van der Waals surface area contributed by atoms with Crippen molar-refractivity contribution in [2.45, 2.75) is 0 Å². The second kappa shape index (κ2) is 10.3. The zero-order chi connectivity index (χ0) is 33.9. The summed E-state index contributed by atoms with van der Waals surface area (Å²) < 4.78 is 13.2. The van der Waals surface area contributed by atoms with Crippen LogP contribution in [0.4, 0.5) is 0 Å². The standard InChI is InChI=1S/C50H28O2/c1-3-11-33-29(9-1)25-43(37-15-7-5-13-35(33)37)31-17-19-41-47(27-31)51-45-23-21-40-39(49(41)45)22-24-46-50(40)42-20-18-32(28-48(42)52-46)44-26-30-10-2-4-12-34(30)36-14-6-8-16-38(36)44/h1-28H. The summed E-state index contributed by atoms with van der Waals surface area (Å²) in [6.45, 7) is 0. The minimum atomic E-state index is 0.889. The van der Waals surface area contributed by atoms with Crippen molar-refractivity contribution in [3.8, 4) is 22.3 Å². The summed E-state index contributed by atoms with van der Waals surface area (Å²) in [6.07, 6.45) is 0. The van der Waals surface area contributed by atoms with Crippen molar-refractivity contribution in [2.75, 3.05) is 0 Å². The summed E-state index contributed by atoms with van der Waals surface area (Å²) in [7, 11) is 0. The summed E-state index contributed by atoms with van der Waals surface area (Å²) in [5, 5.41) is 16.9. The van der Waals surface area contributed by atoms with Crippen LogP contribution in [0.15, 0.2) is 179 Å². The van der Waals surface area contributed by atoms with Gasteiger partial charge in [0, 0.05) is 21.5 Å². The van der Waals surface area contributed by atoms with Gasteiger partial charge in [-0.2, -0.15) is 0 Å². The minimum Gasteiger partial charge on any atom is -0.456 e. The number of rotatable bonds is 2. The van der Waals surface area contributed by atoms with Gasteiger partial charge in [0.25, 0.3) is 0 Å². The highest BCUT2D eigenvalue weighted by molar-refractivity contribution is 6.28. The van der Waals surface area contributed by atoms with Gasteiger partial charge in [-0.25, -0.2) is 0 Å². The molecule has 0 aliphatic heterocycles. The highest BCUT2D eigenvalue weighted by Gasteiger charge is 2.18. The van der Waals surface area contributed by atoms with Gasteiger partial charge in [-0.1, -0.05) is 109 Å². The third-order valence-corrected chi connectivity index (χ3v) is 11.2. The van der Waals surface area contributed by atoms with Gasteiger partial charge in [-0.05, 0) is 137 Å². The van der Waals surface area contributed by atoms with Crippen LogP contribution in [0, 0.1) is 0 Å². The van der Waals surface area contributed by atoms with Gasteiger partial charge in [-0.15, -0.1) is 0 Å². The van der Waals surface area contributed by atoms with E-state index < -0.39 is 0 Å². The Hall–Kier alpha value is -6.90. The fourth-order valence-corrected chi connectivity index (χ4v) is 8.88. The predicted molar refractivity (Wildman–Crippen MR) is 219 cm³/mol. The van der Waals surface area contributed by atoms with Crippen LogP contribution in [0.5, 0.6) is 0 Å². The monoisotopic (exact) mass is 660 g/mol. The molecule has 52 heavy (non-hydrogen) atoms. The average Bonchev–Trinajstić information content (AvgIpc) is 3.78. The molecule has 0 spiro atoms. The van der Waals surface area contributed by atoms with E-state index in [9.17, 15) is 0 Å². The number of hydrogen-bond donors (Lipinski definition) is 0. The highest BCUT2D eigenvalue weighted by atomic mass is 16.3. The van der Waals surface area contributed by atoms with E-state index in [0.717, 1.165) is 55.0 Å². The molecule has 2 aromatic heterocycles. The molecule has 0 atom stereocenters. The van der Waals surface area contributed by atoms with Crippen LogP contribution in [-0.2, 0) is 0 Å². The molecule has 0 fully saturated rings. The van der Waals surface area contributed by atoms with Gasteiger partial charge in [0.05, 0.1) is 0 Å². The lowest BCUT2D eigenvalue weighted by molar-refractivity contribution is 0.668. The lowest BCUT2D eigenvalue weighted by Gasteiger charge is -2.11. The molecule has 12 aromatic rings. The van der Waals surface area contributed by atoms with Gasteiger partial charge in [0.2, 0.25) is 0 Å². The van der Waals surface area contributed by atoms with Crippen LogP contribution >= 0.6 is 0 Å². The molecule has 0 saturated carbocycles. The SMILES string of the molecule is c1ccc2c(c1)cc(-c1ccc3c(c1)oc1ccc4c(ccc5oc6cc(-c7cc8ccccc8c8ccccc78)ccc6c54)c13)c1ccccc12. The highest BCUT2D eigenvalue weighted by Crippen LogP contribution is 2.44. The number of furan rings is 2. The molecule has 0 radical (unpaired) electrons. The molecule has 12 rings (SSSR count). The van der Waals surface area contributed by atoms with E-state index in [2.05, 4.69) is 170 Å². The normalized spacial score (nSPS) is 12.2. The first kappa shape index (κ1) is 27.9. The first-order chi connectivity index (χ1) is 25.8. The first-order valence-corrected chi connectivity index (χ1v) is 17.8. The Balaban J connectivity index is 1.04. The fourth-order valence-electron chi connectivity index (χ4n) is 8.88. The van der Waals surface area contributed by atoms with Gasteiger partial charge in [0.1, 0.15) is 22.3 Å². The molecule has 2 nitrogen and oxygen atoms in total. The predicted octanol–water partition coefficient (Wildman–Crippen LogP) is 14.6. The molecule has 2 heteroatoms. The van der Waals surface area contributed by atoms with Crippen molar-refractivity contribution in [3.63, 3.8) is 0 Å². The zero-order valence-electron chi connectivity index (χ0n) is 28.0. The molecule has 0 aliphatic carbocycles. The van der Waals surface area contributed by atoms with E-state index in [1.807, 2.05) is 0 Å². The Morgan fingerprint density at radius 3 is 1.10 bits per heavy atom. The summed E-state index contributed by atoms with van der Waals surface area (Å²) in [6, 6.07) is 61.3. The smallest absolute Gasteiger partial charge is 0.136 e. The lowest BCUT2D eigenvalue weighted by atomic mass is 9.92. The largest absolute Gasteiger partial charge is 0.456 e. The van der Waals surface area contributed by atoms with Crippen LogP contribution in [0.1, 0.15) is 0 Å². The second-order valence-corrected chi connectivity index (χ2v) is 14.0. The molecule has 0 amide bonds. The molecule has 0 saturated heterocycles. The molecule has 0 bridgehead atoms. The third kappa shape index (κ3) is 3.84. The van der Waals surface area contributed by atoms with E-state index in [0.29, 0.717) is 0 Å². The fraction of sp³-hybridized carbons (Fsp3) is 0. The topological polar surface area (TPSA) is 26.3 Å². The van der Waals surface area contributed by atoms with Crippen LogP contribution < -0.4 is 0 Å². The Morgan fingerprint density at radius 1 is 0.250 bits per heavy atom. The lowest BCUT2D eigenvalue weighted by Crippen LogP contribution is -1.84. The Labute approximate surface area is 297 Å². The summed E-state index contributed by atoms with van der Waals surface area (Å²) >= 11 is 0. The van der Waals surface area contributed by atoms with Crippen molar-refractivity contribution in [3.05, 3.63) is 170 Å². The Bertz CT molecular complexity index is 3240. The molecular weight excluding hydrogens is 633 g/mol. The zero-order valence-corrected chi connectivity index (χ0v) is 28.0. The molecule has 0 N–H and O–H groups in total. The molecular formula is C50H28O2. The average molecular weight is 661 g/mol. The van der Waals surface area contributed by atoms with Crippen molar-refractivity contribution < 1.29 is 8.83 Å². The maximum Gasteiger partial charge on any atom is 0.136 e. The quantitative estimate of drug-likeness (QED) is 0.173. The van der Waals surface area contributed by atoms with Gasteiger partial charge in [0.15, 0.2) is 0 Å². The first-order valence-electron chi connectivity index (χ1n) is 17.8.